The molecule has 214 valence electrons. The van der Waals surface area contributed by atoms with Gasteiger partial charge in [0.2, 0.25) is 0 Å². The molecule has 7 nitrogen and oxygen atoms in total. The number of piperidine rings is 1. The van der Waals surface area contributed by atoms with E-state index in [1.807, 2.05) is 6.07 Å². The Kier molecular flexibility index (Phi) is 7.93. The van der Waals surface area contributed by atoms with Gasteiger partial charge < -0.3 is 24.8 Å². The van der Waals surface area contributed by atoms with Crippen LogP contribution in [0.1, 0.15) is 31.4 Å². The molecule has 2 heterocycles. The van der Waals surface area contributed by atoms with E-state index < -0.39 is 22.6 Å². The highest BCUT2D eigenvalue weighted by atomic mass is 32.2. The highest BCUT2D eigenvalue weighted by molar-refractivity contribution is 7.90. The highest BCUT2D eigenvalue weighted by Crippen LogP contribution is 2.33. The van der Waals surface area contributed by atoms with Crippen LogP contribution < -0.4 is 15.4 Å². The molecule has 0 radical (unpaired) electrons. The summed E-state index contributed by atoms with van der Waals surface area (Å²) in [5, 5.41) is 7.35. The van der Waals surface area contributed by atoms with Crippen LogP contribution in [0.2, 0.25) is 0 Å². The number of rotatable bonds is 8. The minimum absolute atomic E-state index is 0.118. The molecule has 0 atom stereocenters. The van der Waals surface area contributed by atoms with Gasteiger partial charge in [0.05, 0.1) is 35.4 Å². The molecule has 40 heavy (non-hydrogen) atoms. The summed E-state index contributed by atoms with van der Waals surface area (Å²) in [6.07, 6.45) is 1.28. The van der Waals surface area contributed by atoms with Gasteiger partial charge in [0.15, 0.2) is 9.84 Å². The number of sulfone groups is 1. The van der Waals surface area contributed by atoms with E-state index in [4.69, 9.17) is 4.74 Å². The summed E-state index contributed by atoms with van der Waals surface area (Å²) in [7, 11) is -1.97. The molecule has 2 aliphatic rings. The van der Waals surface area contributed by atoms with Crippen LogP contribution in [0, 0.1) is 11.8 Å². The number of aromatic nitrogens is 1. The van der Waals surface area contributed by atoms with Crippen LogP contribution in [0.15, 0.2) is 47.4 Å². The normalized spacial score (nSPS) is 16.9. The zero-order chi connectivity index (χ0) is 28.5. The van der Waals surface area contributed by atoms with E-state index in [0.717, 1.165) is 43.9 Å². The largest absolute Gasteiger partial charge is 0.495 e. The predicted octanol–water partition coefficient (Wildman–Crippen LogP) is 5.12. The Labute approximate surface area is 232 Å². The van der Waals surface area contributed by atoms with E-state index in [9.17, 15) is 21.6 Å². The second-order valence-electron chi connectivity index (χ2n) is 10.4. The molecule has 1 saturated heterocycles. The lowest BCUT2D eigenvalue weighted by Crippen LogP contribution is -2.40. The maximum Gasteiger partial charge on any atom is 0.406 e. The van der Waals surface area contributed by atoms with Crippen molar-refractivity contribution in [1.82, 2.24) is 9.47 Å². The summed E-state index contributed by atoms with van der Waals surface area (Å²) < 4.78 is 70.8. The number of benzene rings is 2. The van der Waals surface area contributed by atoms with E-state index in [0.29, 0.717) is 22.3 Å². The van der Waals surface area contributed by atoms with Crippen LogP contribution in [0.4, 0.5) is 24.5 Å². The average Bonchev–Trinajstić information content (AvgIpc) is 3.69. The lowest BCUT2D eigenvalue weighted by molar-refractivity contribution is -0.140. The van der Waals surface area contributed by atoms with Gasteiger partial charge in [0.1, 0.15) is 12.3 Å². The summed E-state index contributed by atoms with van der Waals surface area (Å²) in [6.45, 7) is 1.06. The van der Waals surface area contributed by atoms with Crippen LogP contribution >= 0.6 is 0 Å². The van der Waals surface area contributed by atoms with Crippen molar-refractivity contribution in [2.24, 2.45) is 0 Å². The Morgan fingerprint density at radius 2 is 1.80 bits per heavy atom. The zero-order valence-corrected chi connectivity index (χ0v) is 23.3. The summed E-state index contributed by atoms with van der Waals surface area (Å²) in [4.78, 5) is 2.66. The molecule has 1 aromatic heterocycles. The lowest BCUT2D eigenvalue weighted by atomic mass is 10.0. The number of halogens is 3. The van der Waals surface area contributed by atoms with E-state index in [2.05, 4.69) is 27.4 Å². The number of anilines is 2. The molecule has 2 N–H and O–H groups in total. The van der Waals surface area contributed by atoms with Gasteiger partial charge >= 0.3 is 6.18 Å². The second kappa shape index (κ2) is 11.3. The number of nitrogens with zero attached hydrogens (tertiary/aromatic N) is 2. The molecule has 0 unspecified atom stereocenters. The van der Waals surface area contributed by atoms with Gasteiger partial charge in [-0.3, -0.25) is 0 Å². The molecule has 3 aromatic rings. The van der Waals surface area contributed by atoms with E-state index in [-0.39, 0.29) is 23.2 Å². The molecular weight excluding hydrogens is 541 g/mol. The Morgan fingerprint density at radius 3 is 2.45 bits per heavy atom. The molecular formula is C29H33F3N4O3S. The Morgan fingerprint density at radius 1 is 1.05 bits per heavy atom. The maximum absolute atomic E-state index is 13.6. The monoisotopic (exact) mass is 574 g/mol. The van der Waals surface area contributed by atoms with Crippen LogP contribution in [0.5, 0.6) is 5.75 Å². The fourth-order valence-corrected chi connectivity index (χ4v) is 5.89. The molecule has 0 bridgehead atoms. The standard InChI is InChI=1S/C29H33F3N4O3S/c1-39-28-18-23(40(2,37)38)10-11-26(28)33-14-4-5-22-17-24-25(6-3-7-27(24)36(22)19-29(30,31)32)34-20-12-15-35(16-13-20)21-8-9-21/h3,6-7,10-11,17-18,20-21,33-34H,8-9,12-16,19H2,1-2H3. The summed E-state index contributed by atoms with van der Waals surface area (Å²) in [6, 6.07) is 12.6. The zero-order valence-electron chi connectivity index (χ0n) is 22.5. The third-order valence-corrected chi connectivity index (χ3v) is 8.53. The van der Waals surface area contributed by atoms with Crippen molar-refractivity contribution >= 4 is 32.1 Å². The third kappa shape index (κ3) is 6.67. The fourth-order valence-electron chi connectivity index (χ4n) is 5.25. The number of hydrogen-bond acceptors (Lipinski definition) is 6. The van der Waals surface area contributed by atoms with Gasteiger partial charge in [-0.25, -0.2) is 8.42 Å². The van der Waals surface area contributed by atoms with Gasteiger partial charge in [0.25, 0.3) is 0 Å². The van der Waals surface area contributed by atoms with Gasteiger partial charge in [0, 0.05) is 48.6 Å². The van der Waals surface area contributed by atoms with Crippen LogP contribution in [0.3, 0.4) is 0 Å². The van der Waals surface area contributed by atoms with Gasteiger partial charge in [-0.2, -0.15) is 13.2 Å². The maximum atomic E-state index is 13.6. The van der Waals surface area contributed by atoms with Crippen molar-refractivity contribution in [3.05, 3.63) is 48.2 Å². The first-order valence-electron chi connectivity index (χ1n) is 13.3. The van der Waals surface area contributed by atoms with Crippen LogP contribution in [0.25, 0.3) is 10.9 Å². The molecule has 0 amide bonds. The highest BCUT2D eigenvalue weighted by Gasteiger charge is 2.32. The molecule has 1 aliphatic heterocycles. The van der Waals surface area contributed by atoms with E-state index in [1.54, 1.807) is 24.3 Å². The SMILES string of the molecule is COc1cc(S(C)(=O)=O)ccc1NCC#Cc1cc2c(NC3CCN(C4CC4)CC3)cccc2n1CC(F)(F)F. The number of ether oxygens (including phenoxy) is 1. The average molecular weight is 575 g/mol. The minimum Gasteiger partial charge on any atom is -0.495 e. The van der Waals surface area contributed by atoms with Gasteiger partial charge in [-0.05, 0) is 61.9 Å². The Hall–Kier alpha value is -3.36. The molecule has 2 aromatic carbocycles. The van der Waals surface area contributed by atoms with Crippen LogP contribution in [-0.2, 0) is 16.4 Å². The molecule has 0 spiro atoms. The number of methoxy groups -OCH3 is 1. The van der Waals surface area contributed by atoms with Crippen LogP contribution in [-0.4, -0.2) is 69.1 Å². The third-order valence-electron chi connectivity index (χ3n) is 7.42. The number of likely N-dealkylation sites (tertiary alicyclic amines) is 1. The van der Waals surface area contributed by atoms with Crippen molar-refractivity contribution in [2.45, 2.75) is 55.4 Å². The van der Waals surface area contributed by atoms with Crippen molar-refractivity contribution < 1.29 is 26.3 Å². The predicted molar refractivity (Wildman–Crippen MR) is 151 cm³/mol. The summed E-state index contributed by atoms with van der Waals surface area (Å²) >= 11 is 0. The number of hydrogen-bond donors (Lipinski definition) is 2. The number of alkyl halides is 3. The lowest BCUT2D eigenvalue weighted by Gasteiger charge is -2.33. The number of fused-ring (bicyclic) bond motifs is 1. The number of nitrogens with one attached hydrogen (secondary N) is 2. The molecule has 1 aliphatic carbocycles. The first-order valence-corrected chi connectivity index (χ1v) is 15.2. The molecule has 5 rings (SSSR count). The Bertz CT molecular complexity index is 1540. The van der Waals surface area contributed by atoms with Crippen molar-refractivity contribution in [1.29, 1.82) is 0 Å². The molecule has 2 fully saturated rings. The molecule has 1 saturated carbocycles. The first-order chi connectivity index (χ1) is 19.0. The van der Waals surface area contributed by atoms with E-state index >= 15 is 0 Å². The topological polar surface area (TPSA) is 75.6 Å². The first kappa shape index (κ1) is 28.2. The van der Waals surface area contributed by atoms with Crippen molar-refractivity contribution in [3.8, 4) is 17.6 Å². The van der Waals surface area contributed by atoms with Gasteiger partial charge in [-0.15, -0.1) is 0 Å². The quantitative estimate of drug-likeness (QED) is 0.364. The van der Waals surface area contributed by atoms with E-state index in [1.165, 1.54) is 36.7 Å². The summed E-state index contributed by atoms with van der Waals surface area (Å²) in [5.74, 6) is 6.14. The fraction of sp³-hybridized carbons (Fsp3) is 0.448. The minimum atomic E-state index is -4.41. The molecule has 11 heteroatoms. The summed E-state index contributed by atoms with van der Waals surface area (Å²) in [5.41, 5.74) is 2.10. The van der Waals surface area contributed by atoms with Crippen molar-refractivity contribution in [3.63, 3.8) is 0 Å². The van der Waals surface area contributed by atoms with Crippen molar-refractivity contribution in [2.75, 3.05) is 43.6 Å². The smallest absolute Gasteiger partial charge is 0.406 e. The Balaban J connectivity index is 1.36. The van der Waals surface area contributed by atoms with Gasteiger partial charge in [-0.1, -0.05) is 12.0 Å². The second-order valence-corrected chi connectivity index (χ2v) is 12.5.